The minimum absolute atomic E-state index is 0.0168. The van der Waals surface area contributed by atoms with Gasteiger partial charge in [0.25, 0.3) is 0 Å². The molecule has 1 aliphatic heterocycles. The molecule has 164 valence electrons. The zero-order valence-electron chi connectivity index (χ0n) is 17.0. The van der Waals surface area contributed by atoms with E-state index in [1.165, 1.54) is 0 Å². The molecule has 4 aromatic rings. The summed E-state index contributed by atoms with van der Waals surface area (Å²) in [4.78, 5) is 9.14. The molecule has 1 saturated heterocycles. The van der Waals surface area contributed by atoms with Gasteiger partial charge >= 0.3 is 6.18 Å². The normalized spacial score (nSPS) is 19.5. The molecule has 1 aliphatic rings. The third-order valence-corrected chi connectivity index (χ3v) is 5.67. The quantitative estimate of drug-likeness (QED) is 0.479. The number of hydrogen-bond donors (Lipinski definition) is 0. The van der Waals surface area contributed by atoms with E-state index in [1.54, 1.807) is 24.4 Å². The molecular formula is C21H18F3N7O. The summed E-state index contributed by atoms with van der Waals surface area (Å²) < 4.78 is 47.8. The number of alkyl halides is 3. The Labute approximate surface area is 180 Å². The number of aromatic nitrogens is 6. The fraction of sp³-hybridized carbons (Fsp3) is 0.381. The van der Waals surface area contributed by atoms with Gasteiger partial charge in [-0.1, -0.05) is 5.21 Å². The lowest BCUT2D eigenvalue weighted by atomic mass is 10.0. The van der Waals surface area contributed by atoms with Crippen LogP contribution in [-0.4, -0.2) is 42.2 Å². The molecule has 3 aromatic heterocycles. The number of halogens is 3. The first-order chi connectivity index (χ1) is 15.3. The Hall–Kier alpha value is -3.52. The molecule has 8 nitrogen and oxygen atoms in total. The van der Waals surface area contributed by atoms with Crippen molar-refractivity contribution in [1.29, 1.82) is 5.26 Å². The van der Waals surface area contributed by atoms with Crippen LogP contribution in [0.2, 0.25) is 0 Å². The maximum absolute atomic E-state index is 13.0. The molecule has 0 unspecified atom stereocenters. The van der Waals surface area contributed by atoms with Crippen LogP contribution in [-0.2, 0) is 17.5 Å². The molecule has 0 amide bonds. The van der Waals surface area contributed by atoms with Crippen molar-refractivity contribution in [3.8, 4) is 6.07 Å². The second-order valence-corrected chi connectivity index (χ2v) is 7.89. The van der Waals surface area contributed by atoms with Crippen LogP contribution in [0.15, 0.2) is 30.6 Å². The number of imidazole rings is 1. The Morgan fingerprint density at radius 3 is 2.84 bits per heavy atom. The van der Waals surface area contributed by atoms with Crippen molar-refractivity contribution in [3.05, 3.63) is 47.7 Å². The minimum Gasteiger partial charge on any atom is -0.378 e. The van der Waals surface area contributed by atoms with Crippen LogP contribution in [0.4, 0.5) is 13.2 Å². The van der Waals surface area contributed by atoms with E-state index in [0.717, 1.165) is 34.6 Å². The Morgan fingerprint density at radius 2 is 2.12 bits per heavy atom. The van der Waals surface area contributed by atoms with Crippen molar-refractivity contribution in [3.63, 3.8) is 0 Å². The van der Waals surface area contributed by atoms with Crippen molar-refractivity contribution in [2.45, 2.75) is 44.6 Å². The maximum Gasteiger partial charge on any atom is 0.436 e. The van der Waals surface area contributed by atoms with Crippen LogP contribution in [0.1, 0.15) is 42.9 Å². The van der Waals surface area contributed by atoms with Crippen molar-refractivity contribution in [2.75, 3.05) is 6.61 Å². The van der Waals surface area contributed by atoms with E-state index in [-0.39, 0.29) is 18.7 Å². The van der Waals surface area contributed by atoms with E-state index in [9.17, 15) is 18.4 Å². The zero-order valence-corrected chi connectivity index (χ0v) is 17.0. The highest BCUT2D eigenvalue weighted by Crippen LogP contribution is 2.34. The molecule has 0 saturated carbocycles. The van der Waals surface area contributed by atoms with E-state index in [2.05, 4.69) is 25.9 Å². The Kier molecular flexibility index (Phi) is 4.82. The van der Waals surface area contributed by atoms with E-state index in [4.69, 9.17) is 9.72 Å². The number of ether oxygens (including phenoxy) is 1. The summed E-state index contributed by atoms with van der Waals surface area (Å²) in [5.74, 6) is 0.550. The van der Waals surface area contributed by atoms with Crippen molar-refractivity contribution in [1.82, 2.24) is 29.5 Å². The summed E-state index contributed by atoms with van der Waals surface area (Å²) in [5, 5.41) is 17.0. The van der Waals surface area contributed by atoms with Crippen LogP contribution in [0, 0.1) is 11.3 Å². The summed E-state index contributed by atoms with van der Waals surface area (Å²) in [6.07, 6.45) is -0.552. The number of benzene rings is 1. The van der Waals surface area contributed by atoms with E-state index in [0.29, 0.717) is 29.0 Å². The molecule has 0 bridgehead atoms. The van der Waals surface area contributed by atoms with Gasteiger partial charge in [-0.2, -0.15) is 18.4 Å². The zero-order chi connectivity index (χ0) is 22.5. The molecule has 0 N–H and O–H groups in total. The number of pyridine rings is 1. The lowest BCUT2D eigenvalue weighted by Gasteiger charge is -2.30. The Bertz CT molecular complexity index is 1350. The van der Waals surface area contributed by atoms with Gasteiger partial charge in [0.05, 0.1) is 41.2 Å². The highest BCUT2D eigenvalue weighted by molar-refractivity contribution is 6.02. The third kappa shape index (κ3) is 3.56. The minimum atomic E-state index is -4.57. The molecule has 32 heavy (non-hydrogen) atoms. The van der Waals surface area contributed by atoms with Gasteiger partial charge < -0.3 is 9.30 Å². The highest BCUT2D eigenvalue weighted by Gasteiger charge is 2.35. The number of nitrogens with zero attached hydrogens (tertiary/aromatic N) is 7. The summed E-state index contributed by atoms with van der Waals surface area (Å²) in [6, 6.07) is 7.43. The number of hydrogen-bond acceptors (Lipinski definition) is 6. The second kappa shape index (κ2) is 7.56. The first-order valence-electron chi connectivity index (χ1n) is 10.1. The topological polar surface area (TPSA) is 94.4 Å². The molecule has 2 atom stereocenters. The first-order valence-corrected chi connectivity index (χ1v) is 10.1. The average Bonchev–Trinajstić information content (AvgIpc) is 3.38. The predicted octanol–water partition coefficient (Wildman–Crippen LogP) is 3.85. The summed E-state index contributed by atoms with van der Waals surface area (Å²) in [6.45, 7) is 2.58. The summed E-state index contributed by atoms with van der Waals surface area (Å²) >= 11 is 0. The number of fused-ring (bicyclic) bond motifs is 3. The van der Waals surface area contributed by atoms with Gasteiger partial charge in [-0.3, -0.25) is 4.98 Å². The third-order valence-electron chi connectivity index (χ3n) is 5.67. The van der Waals surface area contributed by atoms with Gasteiger partial charge in [-0.15, -0.1) is 5.10 Å². The van der Waals surface area contributed by atoms with Gasteiger partial charge in [-0.05, 0) is 38.0 Å². The SMILES string of the molecule is C[C@@H]1C[C@H](n2c(Cn3cc(C(F)(F)F)nn3)nc3cnc4ccc(C#N)cc4c32)CCO1. The largest absolute Gasteiger partial charge is 0.436 e. The predicted molar refractivity (Wildman–Crippen MR) is 108 cm³/mol. The van der Waals surface area contributed by atoms with Crippen molar-refractivity contribution >= 4 is 21.9 Å². The number of rotatable bonds is 3. The van der Waals surface area contributed by atoms with Crippen molar-refractivity contribution in [2.24, 2.45) is 0 Å². The van der Waals surface area contributed by atoms with Crippen LogP contribution in [0.3, 0.4) is 0 Å². The first kappa shape index (κ1) is 20.4. The maximum atomic E-state index is 13.0. The van der Waals surface area contributed by atoms with Crippen LogP contribution in [0.5, 0.6) is 0 Å². The monoisotopic (exact) mass is 441 g/mol. The summed E-state index contributed by atoms with van der Waals surface area (Å²) in [7, 11) is 0. The fourth-order valence-corrected chi connectivity index (χ4v) is 4.26. The van der Waals surface area contributed by atoms with E-state index in [1.807, 2.05) is 6.92 Å². The highest BCUT2D eigenvalue weighted by atomic mass is 19.4. The molecule has 11 heteroatoms. The summed E-state index contributed by atoms with van der Waals surface area (Å²) in [5.41, 5.74) is 1.57. The van der Waals surface area contributed by atoms with Crippen molar-refractivity contribution < 1.29 is 17.9 Å². The van der Waals surface area contributed by atoms with E-state index < -0.39 is 11.9 Å². The molecule has 0 radical (unpaired) electrons. The number of nitriles is 1. The van der Waals surface area contributed by atoms with Gasteiger partial charge in [-0.25, -0.2) is 9.67 Å². The average molecular weight is 441 g/mol. The molecule has 1 aromatic carbocycles. The molecule has 5 rings (SSSR count). The molecule has 1 fully saturated rings. The van der Waals surface area contributed by atoms with Crippen LogP contribution < -0.4 is 0 Å². The Balaban J connectivity index is 1.69. The smallest absolute Gasteiger partial charge is 0.378 e. The molecular weight excluding hydrogens is 423 g/mol. The van der Waals surface area contributed by atoms with Crippen LogP contribution >= 0.6 is 0 Å². The van der Waals surface area contributed by atoms with Crippen LogP contribution in [0.25, 0.3) is 21.9 Å². The second-order valence-electron chi connectivity index (χ2n) is 7.89. The lowest BCUT2D eigenvalue weighted by molar-refractivity contribution is -0.141. The van der Waals surface area contributed by atoms with Gasteiger partial charge in [0, 0.05) is 18.0 Å². The van der Waals surface area contributed by atoms with Gasteiger partial charge in [0.15, 0.2) is 5.69 Å². The Morgan fingerprint density at radius 1 is 1.28 bits per heavy atom. The molecule has 0 spiro atoms. The molecule has 0 aliphatic carbocycles. The van der Waals surface area contributed by atoms with Gasteiger partial charge in [0.2, 0.25) is 0 Å². The standard InChI is InChI=1S/C21H18F3N7O/c1-12-6-14(4-5-32-12)31-19(11-30-10-18(28-29-30)21(22,23)24)27-17-9-26-16-3-2-13(8-25)7-15(16)20(17)31/h2-3,7,9-10,12,14H,4-6,11H2,1H3/t12-,14-/m1/s1. The van der Waals surface area contributed by atoms with E-state index >= 15 is 0 Å². The van der Waals surface area contributed by atoms with Gasteiger partial charge in [0.1, 0.15) is 17.9 Å². The lowest BCUT2D eigenvalue weighted by Crippen LogP contribution is -2.27. The fourth-order valence-electron chi connectivity index (χ4n) is 4.26. The molecule has 4 heterocycles.